The second-order valence-corrected chi connectivity index (χ2v) is 7.67. The lowest BCUT2D eigenvalue weighted by Gasteiger charge is -2.29. The predicted molar refractivity (Wildman–Crippen MR) is 126 cm³/mol. The molecule has 2 N–H and O–H groups in total. The highest BCUT2D eigenvalue weighted by Crippen LogP contribution is 2.33. The minimum atomic E-state index is -0.310. The number of cyclic esters (lactones) is 1. The van der Waals surface area contributed by atoms with Crippen LogP contribution < -0.4 is 15.4 Å². The summed E-state index contributed by atoms with van der Waals surface area (Å²) in [6.45, 7) is 3.16. The maximum atomic E-state index is 12.6. The molecule has 1 amide bonds. The molecule has 170 valence electrons. The van der Waals surface area contributed by atoms with Crippen molar-refractivity contribution in [2.24, 2.45) is 0 Å². The molecule has 1 aromatic heterocycles. The molecule has 0 unspecified atom stereocenters. The van der Waals surface area contributed by atoms with Gasteiger partial charge in [-0.2, -0.15) is 0 Å². The Labute approximate surface area is 191 Å². The summed E-state index contributed by atoms with van der Waals surface area (Å²) in [4.78, 5) is 34.7. The van der Waals surface area contributed by atoms with Crippen LogP contribution in [0.1, 0.15) is 6.92 Å². The standard InChI is InChI=1S/C24H25N5O4/c1-16-13-29(14-23(31)33-16)10-6-9-22(30)28-20-11-18-19(12-21(20)32-2)25-15-26-24(18)27-17-7-4-3-5-8-17/h3-9,11-12,15-16H,10,13-14H2,1-2H3,(H,28,30)(H,25,26,27)/b9-6+/t16-/m1/s1. The third kappa shape index (κ3) is 5.64. The number of amides is 1. The fraction of sp³-hybridized carbons (Fsp3) is 0.250. The minimum absolute atomic E-state index is 0.156. The van der Waals surface area contributed by atoms with E-state index in [4.69, 9.17) is 9.47 Å². The van der Waals surface area contributed by atoms with Crippen molar-refractivity contribution in [1.82, 2.24) is 14.9 Å². The van der Waals surface area contributed by atoms with E-state index in [9.17, 15) is 9.59 Å². The zero-order valence-electron chi connectivity index (χ0n) is 18.4. The lowest BCUT2D eigenvalue weighted by Crippen LogP contribution is -2.44. The topological polar surface area (TPSA) is 106 Å². The monoisotopic (exact) mass is 447 g/mol. The number of fused-ring (bicyclic) bond motifs is 1. The second kappa shape index (κ2) is 10.1. The third-order valence-corrected chi connectivity index (χ3v) is 5.08. The molecule has 0 saturated carbocycles. The first-order valence-electron chi connectivity index (χ1n) is 10.6. The maximum absolute atomic E-state index is 12.6. The van der Waals surface area contributed by atoms with Gasteiger partial charge in [0.2, 0.25) is 5.91 Å². The SMILES string of the molecule is COc1cc2ncnc(Nc3ccccc3)c2cc1NC(=O)/C=C/CN1CC(=O)O[C@H](C)C1. The minimum Gasteiger partial charge on any atom is -0.494 e. The normalized spacial score (nSPS) is 16.5. The molecule has 4 rings (SSSR count). The van der Waals surface area contributed by atoms with Crippen LogP contribution in [0.5, 0.6) is 5.75 Å². The molecule has 0 aliphatic carbocycles. The van der Waals surface area contributed by atoms with Crippen molar-refractivity contribution in [1.29, 1.82) is 0 Å². The lowest BCUT2D eigenvalue weighted by atomic mass is 10.1. The van der Waals surface area contributed by atoms with Crippen molar-refractivity contribution < 1.29 is 19.1 Å². The Morgan fingerprint density at radius 2 is 2.09 bits per heavy atom. The summed E-state index contributed by atoms with van der Waals surface area (Å²) < 4.78 is 10.6. The van der Waals surface area contributed by atoms with Gasteiger partial charge in [-0.25, -0.2) is 9.97 Å². The molecule has 33 heavy (non-hydrogen) atoms. The largest absolute Gasteiger partial charge is 0.494 e. The number of hydrogen-bond donors (Lipinski definition) is 2. The van der Waals surface area contributed by atoms with Crippen LogP contribution in [0.25, 0.3) is 10.9 Å². The van der Waals surface area contributed by atoms with E-state index < -0.39 is 0 Å². The molecule has 1 fully saturated rings. The van der Waals surface area contributed by atoms with Crippen molar-refractivity contribution in [3.8, 4) is 5.75 Å². The number of nitrogens with zero attached hydrogens (tertiary/aromatic N) is 3. The van der Waals surface area contributed by atoms with E-state index in [0.29, 0.717) is 35.9 Å². The van der Waals surface area contributed by atoms with Crippen LogP contribution in [0.15, 0.2) is 60.9 Å². The number of esters is 1. The summed E-state index contributed by atoms with van der Waals surface area (Å²) in [7, 11) is 1.54. The zero-order chi connectivity index (χ0) is 23.2. The zero-order valence-corrected chi connectivity index (χ0v) is 18.4. The first-order chi connectivity index (χ1) is 16.0. The van der Waals surface area contributed by atoms with Gasteiger partial charge in [-0.15, -0.1) is 0 Å². The Balaban J connectivity index is 1.50. The molecule has 3 aromatic rings. The van der Waals surface area contributed by atoms with Crippen LogP contribution in [0.4, 0.5) is 17.2 Å². The highest BCUT2D eigenvalue weighted by molar-refractivity contribution is 6.03. The highest BCUT2D eigenvalue weighted by atomic mass is 16.5. The number of carbonyl (C=O) groups is 2. The van der Waals surface area contributed by atoms with Gasteiger partial charge in [0.15, 0.2) is 0 Å². The molecule has 1 saturated heterocycles. The second-order valence-electron chi connectivity index (χ2n) is 7.67. The first-order valence-corrected chi connectivity index (χ1v) is 10.6. The smallest absolute Gasteiger partial charge is 0.320 e. The Morgan fingerprint density at radius 1 is 1.27 bits per heavy atom. The fourth-order valence-corrected chi connectivity index (χ4v) is 3.64. The number of hydrogen-bond acceptors (Lipinski definition) is 8. The van der Waals surface area contributed by atoms with E-state index >= 15 is 0 Å². The summed E-state index contributed by atoms with van der Waals surface area (Å²) in [5.41, 5.74) is 2.07. The average molecular weight is 447 g/mol. The van der Waals surface area contributed by atoms with Crippen LogP contribution in [-0.4, -0.2) is 59.6 Å². The van der Waals surface area contributed by atoms with Crippen molar-refractivity contribution in [2.45, 2.75) is 13.0 Å². The van der Waals surface area contributed by atoms with Crippen LogP contribution in [-0.2, 0) is 14.3 Å². The van der Waals surface area contributed by atoms with E-state index in [0.717, 1.165) is 11.1 Å². The van der Waals surface area contributed by atoms with Crippen LogP contribution in [0.2, 0.25) is 0 Å². The van der Waals surface area contributed by atoms with Gasteiger partial charge in [0.05, 0.1) is 24.9 Å². The van der Waals surface area contributed by atoms with E-state index in [1.807, 2.05) is 42.2 Å². The van der Waals surface area contributed by atoms with Crippen molar-refractivity contribution in [3.63, 3.8) is 0 Å². The van der Waals surface area contributed by atoms with Gasteiger partial charge in [-0.05, 0) is 25.1 Å². The molecule has 9 nitrogen and oxygen atoms in total. The van der Waals surface area contributed by atoms with E-state index in [1.165, 1.54) is 19.5 Å². The number of rotatable bonds is 7. The Morgan fingerprint density at radius 3 is 2.85 bits per heavy atom. The number of benzene rings is 2. The number of anilines is 3. The number of carbonyl (C=O) groups excluding carboxylic acids is 2. The molecule has 2 heterocycles. The lowest BCUT2D eigenvalue weighted by molar-refractivity contribution is -0.156. The molecule has 0 radical (unpaired) electrons. The molecule has 1 aliphatic rings. The number of aromatic nitrogens is 2. The molecular weight excluding hydrogens is 422 g/mol. The molecular formula is C24H25N5O4. The summed E-state index contributed by atoms with van der Waals surface area (Å²) in [6.07, 6.45) is 4.49. The molecule has 0 spiro atoms. The van der Waals surface area contributed by atoms with Crippen LogP contribution in [0, 0.1) is 0 Å². The molecule has 0 bridgehead atoms. The summed E-state index contributed by atoms with van der Waals surface area (Å²) >= 11 is 0. The van der Waals surface area contributed by atoms with Gasteiger partial charge >= 0.3 is 5.97 Å². The van der Waals surface area contributed by atoms with E-state index in [2.05, 4.69) is 20.6 Å². The maximum Gasteiger partial charge on any atom is 0.320 e. The van der Waals surface area contributed by atoms with Crippen molar-refractivity contribution in [2.75, 3.05) is 37.4 Å². The average Bonchev–Trinajstić information content (AvgIpc) is 2.79. The van der Waals surface area contributed by atoms with E-state index in [1.54, 1.807) is 18.2 Å². The Hall–Kier alpha value is -3.98. The van der Waals surface area contributed by atoms with Gasteiger partial charge in [0.25, 0.3) is 0 Å². The van der Waals surface area contributed by atoms with Gasteiger partial charge in [-0.3, -0.25) is 14.5 Å². The van der Waals surface area contributed by atoms with Crippen molar-refractivity contribution >= 4 is 40.0 Å². The van der Waals surface area contributed by atoms with Gasteiger partial charge in [-0.1, -0.05) is 24.3 Å². The third-order valence-electron chi connectivity index (χ3n) is 5.08. The predicted octanol–water partition coefficient (Wildman–Crippen LogP) is 3.12. The number of ether oxygens (including phenoxy) is 2. The quantitative estimate of drug-likeness (QED) is 0.420. The summed E-state index contributed by atoms with van der Waals surface area (Å²) in [5, 5.41) is 6.87. The Kier molecular flexibility index (Phi) is 6.80. The van der Waals surface area contributed by atoms with Gasteiger partial charge < -0.3 is 20.1 Å². The van der Waals surface area contributed by atoms with Crippen LogP contribution >= 0.6 is 0 Å². The number of morpholine rings is 1. The fourth-order valence-electron chi connectivity index (χ4n) is 3.64. The number of methoxy groups -OCH3 is 1. The van der Waals surface area contributed by atoms with Crippen molar-refractivity contribution in [3.05, 3.63) is 60.9 Å². The van der Waals surface area contributed by atoms with E-state index in [-0.39, 0.29) is 24.5 Å². The number of para-hydroxylation sites is 1. The molecule has 1 aliphatic heterocycles. The van der Waals surface area contributed by atoms with Crippen LogP contribution in [0.3, 0.4) is 0 Å². The number of nitrogens with one attached hydrogen (secondary N) is 2. The summed E-state index contributed by atoms with van der Waals surface area (Å²) in [6, 6.07) is 13.2. The van der Waals surface area contributed by atoms with Gasteiger partial charge in [0, 0.05) is 36.3 Å². The first kappa shape index (κ1) is 22.2. The molecule has 1 atom stereocenters. The highest BCUT2D eigenvalue weighted by Gasteiger charge is 2.22. The molecule has 9 heteroatoms. The summed E-state index contributed by atoms with van der Waals surface area (Å²) in [5.74, 6) is 0.538. The molecule has 2 aromatic carbocycles. The van der Waals surface area contributed by atoms with Gasteiger partial charge in [0.1, 0.15) is 24.0 Å². The Bertz CT molecular complexity index is 1180.